The lowest BCUT2D eigenvalue weighted by molar-refractivity contribution is -0.143. The first-order valence-corrected chi connectivity index (χ1v) is 10.5. The highest BCUT2D eigenvalue weighted by atomic mass is 16.5. The van der Waals surface area contributed by atoms with Gasteiger partial charge in [0.2, 0.25) is 5.91 Å². The van der Waals surface area contributed by atoms with Crippen molar-refractivity contribution >= 4 is 11.9 Å². The summed E-state index contributed by atoms with van der Waals surface area (Å²) in [7, 11) is 0. The van der Waals surface area contributed by atoms with Gasteiger partial charge in [0.15, 0.2) is 0 Å². The number of unbranched alkanes of at least 4 members (excludes halogenated alkanes) is 7. The Bertz CT molecular complexity index is 366. The van der Waals surface area contributed by atoms with E-state index in [2.05, 4.69) is 17.0 Å². The minimum atomic E-state index is -1.10. The molecule has 2 N–H and O–H groups in total. The number of hydrogen-bond donors (Lipinski definition) is 2. The number of nitrogens with one attached hydrogen (secondary N) is 1. The third-order valence-corrected chi connectivity index (χ3v) is 3.91. The molecule has 0 aliphatic carbocycles. The van der Waals surface area contributed by atoms with Crippen molar-refractivity contribution in [3.05, 3.63) is 0 Å². The second kappa shape index (κ2) is 22.1. The summed E-state index contributed by atoms with van der Waals surface area (Å²) in [6.45, 7) is 5.08. The maximum absolute atomic E-state index is 11.3. The summed E-state index contributed by atoms with van der Waals surface area (Å²) in [6.07, 6.45) is 10.4. The predicted octanol–water partition coefficient (Wildman–Crippen LogP) is 2.39. The topological polar surface area (TPSA) is 103 Å². The van der Waals surface area contributed by atoms with Crippen molar-refractivity contribution in [1.82, 2.24) is 5.32 Å². The van der Waals surface area contributed by atoms with E-state index in [1.54, 1.807) is 0 Å². The zero-order valence-electron chi connectivity index (χ0n) is 17.4. The molecule has 1 amide bonds. The average molecular weight is 406 g/mol. The van der Waals surface area contributed by atoms with E-state index in [1.807, 2.05) is 0 Å². The Morgan fingerprint density at radius 2 is 1.21 bits per heavy atom. The van der Waals surface area contributed by atoms with Gasteiger partial charge in [-0.3, -0.25) is 4.79 Å². The van der Waals surface area contributed by atoms with Crippen LogP contribution in [0.2, 0.25) is 0 Å². The third-order valence-electron chi connectivity index (χ3n) is 3.91. The second-order valence-corrected chi connectivity index (χ2v) is 6.55. The molecule has 0 rings (SSSR count). The van der Waals surface area contributed by atoms with Crippen LogP contribution in [0, 0.1) is 0 Å². The lowest BCUT2D eigenvalue weighted by Crippen LogP contribution is -2.31. The first kappa shape index (κ1) is 26.8. The highest BCUT2D eigenvalue weighted by Gasteiger charge is 2.02. The van der Waals surface area contributed by atoms with Crippen molar-refractivity contribution in [3.8, 4) is 0 Å². The number of ether oxygens (including phenoxy) is 4. The van der Waals surface area contributed by atoms with Crippen LogP contribution in [0.4, 0.5) is 0 Å². The van der Waals surface area contributed by atoms with E-state index >= 15 is 0 Å². The van der Waals surface area contributed by atoms with E-state index in [0.717, 1.165) is 13.0 Å². The van der Waals surface area contributed by atoms with Crippen LogP contribution in [0.5, 0.6) is 0 Å². The first-order chi connectivity index (χ1) is 13.7. The molecule has 8 heteroatoms. The first-order valence-electron chi connectivity index (χ1n) is 10.5. The van der Waals surface area contributed by atoms with E-state index in [-0.39, 0.29) is 12.5 Å². The minimum absolute atomic E-state index is 0.269. The molecule has 0 spiro atoms. The lowest BCUT2D eigenvalue weighted by Gasteiger charge is -2.08. The number of carbonyl (C=O) groups excluding carboxylic acids is 1. The molecule has 0 saturated heterocycles. The van der Waals surface area contributed by atoms with Crippen LogP contribution >= 0.6 is 0 Å². The van der Waals surface area contributed by atoms with Crippen LogP contribution in [0.15, 0.2) is 0 Å². The van der Waals surface area contributed by atoms with Crippen molar-refractivity contribution in [3.63, 3.8) is 0 Å². The molecule has 0 aliphatic heterocycles. The molecule has 0 aromatic rings. The second-order valence-electron chi connectivity index (χ2n) is 6.55. The Kier molecular flexibility index (Phi) is 21.1. The molecular formula is C20H39NO7. The van der Waals surface area contributed by atoms with Gasteiger partial charge in [0, 0.05) is 13.2 Å². The number of amides is 1. The summed E-state index contributed by atoms with van der Waals surface area (Å²) < 4.78 is 20.9. The molecule has 0 aromatic heterocycles. The molecule has 166 valence electrons. The Hall–Kier alpha value is -1.22. The van der Waals surface area contributed by atoms with Gasteiger partial charge >= 0.3 is 5.97 Å². The van der Waals surface area contributed by atoms with Gasteiger partial charge in [0.05, 0.1) is 33.0 Å². The maximum Gasteiger partial charge on any atom is 0.329 e. The fourth-order valence-corrected chi connectivity index (χ4v) is 2.42. The smallest absolute Gasteiger partial charge is 0.329 e. The molecule has 0 aliphatic rings. The monoisotopic (exact) mass is 405 g/mol. The van der Waals surface area contributed by atoms with E-state index in [0.29, 0.717) is 39.6 Å². The van der Waals surface area contributed by atoms with Gasteiger partial charge < -0.3 is 29.4 Å². The Balaban J connectivity index is 3.10. The van der Waals surface area contributed by atoms with Crippen LogP contribution in [-0.4, -0.2) is 76.4 Å². The normalized spacial score (nSPS) is 10.9. The largest absolute Gasteiger partial charge is 0.480 e. The van der Waals surface area contributed by atoms with E-state index in [4.69, 9.17) is 19.3 Å². The van der Waals surface area contributed by atoms with E-state index in [9.17, 15) is 9.59 Å². The summed E-state index contributed by atoms with van der Waals surface area (Å²) in [4.78, 5) is 21.5. The van der Waals surface area contributed by atoms with Gasteiger partial charge in [0.25, 0.3) is 0 Å². The number of aliphatic carboxylic acids is 1. The van der Waals surface area contributed by atoms with Crippen LogP contribution in [-0.2, 0) is 28.5 Å². The zero-order chi connectivity index (χ0) is 20.7. The molecule has 28 heavy (non-hydrogen) atoms. The van der Waals surface area contributed by atoms with E-state index < -0.39 is 12.6 Å². The standard InChI is InChI=1S/C20H39NO7/c1-2-3-4-5-6-7-8-9-11-25-13-15-27-16-14-26-12-10-21-19(22)17-28-18-20(23)24/h2-18H2,1H3,(H,21,22)(H,23,24). The van der Waals surface area contributed by atoms with Gasteiger partial charge in [-0.1, -0.05) is 51.9 Å². The zero-order valence-corrected chi connectivity index (χ0v) is 17.4. The Morgan fingerprint density at radius 1 is 0.679 bits per heavy atom. The Morgan fingerprint density at radius 3 is 1.82 bits per heavy atom. The van der Waals surface area contributed by atoms with Gasteiger partial charge in [-0.05, 0) is 6.42 Å². The molecule has 8 nitrogen and oxygen atoms in total. The number of carboxylic acid groups (broad SMARTS) is 1. The van der Waals surface area contributed by atoms with Crippen molar-refractivity contribution in [2.45, 2.75) is 58.3 Å². The molecule has 0 fully saturated rings. The number of carbonyl (C=O) groups is 2. The highest BCUT2D eigenvalue weighted by Crippen LogP contribution is 2.08. The van der Waals surface area contributed by atoms with Gasteiger partial charge in [0.1, 0.15) is 13.2 Å². The minimum Gasteiger partial charge on any atom is -0.480 e. The van der Waals surface area contributed by atoms with Crippen molar-refractivity contribution in [2.24, 2.45) is 0 Å². The quantitative estimate of drug-likeness (QED) is 0.267. The lowest BCUT2D eigenvalue weighted by atomic mass is 10.1. The maximum atomic E-state index is 11.3. The van der Waals surface area contributed by atoms with Gasteiger partial charge in [-0.2, -0.15) is 0 Å². The van der Waals surface area contributed by atoms with Crippen LogP contribution in [0.3, 0.4) is 0 Å². The summed E-state index contributed by atoms with van der Waals surface area (Å²) in [6, 6.07) is 0. The fraction of sp³-hybridized carbons (Fsp3) is 0.900. The fourth-order valence-electron chi connectivity index (χ4n) is 2.42. The number of carboxylic acids is 1. The molecule has 0 bridgehead atoms. The molecule has 0 atom stereocenters. The summed E-state index contributed by atoms with van der Waals surface area (Å²) in [5, 5.41) is 10.9. The van der Waals surface area contributed by atoms with Crippen LogP contribution in [0.25, 0.3) is 0 Å². The molecule has 0 radical (unpaired) electrons. The number of rotatable bonds is 22. The van der Waals surface area contributed by atoms with Crippen LogP contribution in [0.1, 0.15) is 58.3 Å². The number of hydrogen-bond acceptors (Lipinski definition) is 6. The summed E-state index contributed by atoms with van der Waals surface area (Å²) >= 11 is 0. The van der Waals surface area contributed by atoms with Crippen molar-refractivity contribution < 1.29 is 33.6 Å². The molecule has 0 heterocycles. The average Bonchev–Trinajstić information content (AvgIpc) is 2.66. The molecule has 0 saturated carbocycles. The molecule has 0 unspecified atom stereocenters. The SMILES string of the molecule is CCCCCCCCCCOCCOCCOCCNC(=O)COCC(=O)O. The van der Waals surface area contributed by atoms with Crippen molar-refractivity contribution in [1.29, 1.82) is 0 Å². The summed E-state index contributed by atoms with van der Waals surface area (Å²) in [5.41, 5.74) is 0. The predicted molar refractivity (Wildman–Crippen MR) is 107 cm³/mol. The summed E-state index contributed by atoms with van der Waals surface area (Å²) in [5.74, 6) is -1.47. The van der Waals surface area contributed by atoms with Crippen molar-refractivity contribution in [2.75, 3.05) is 59.4 Å². The highest BCUT2D eigenvalue weighted by molar-refractivity contribution is 5.77. The molecular weight excluding hydrogens is 366 g/mol. The van der Waals surface area contributed by atoms with E-state index in [1.165, 1.54) is 44.9 Å². The molecule has 0 aromatic carbocycles. The van der Waals surface area contributed by atoms with Crippen LogP contribution < -0.4 is 5.32 Å². The Labute approximate surface area is 169 Å². The van der Waals surface area contributed by atoms with Gasteiger partial charge in [-0.15, -0.1) is 0 Å². The van der Waals surface area contributed by atoms with Gasteiger partial charge in [-0.25, -0.2) is 4.79 Å². The third kappa shape index (κ3) is 22.8.